The molecule has 0 spiro atoms. The summed E-state index contributed by atoms with van der Waals surface area (Å²) in [7, 11) is -3.80. The van der Waals surface area contributed by atoms with Gasteiger partial charge in [-0.1, -0.05) is 46.9 Å². The Morgan fingerprint density at radius 1 is 0.716 bits per heavy atom. The summed E-state index contributed by atoms with van der Waals surface area (Å²) in [6.07, 6.45) is 1.06. The van der Waals surface area contributed by atoms with E-state index >= 15 is 0 Å². The number of anilines is 5. The number of Topliss-reactive ketones (excluding diaryl/α,β-unsaturated/α-hetero) is 1. The van der Waals surface area contributed by atoms with E-state index in [9.17, 15) is 42.3 Å². The van der Waals surface area contributed by atoms with E-state index in [1.807, 2.05) is 11.0 Å². The fourth-order valence-corrected chi connectivity index (χ4v) is 9.42. The fraction of sp³-hybridized carbons (Fsp3) is 0.333. The van der Waals surface area contributed by atoms with Crippen LogP contribution in [-0.4, -0.2) is 128 Å². The zero-order chi connectivity index (χ0) is 53.7. The number of aryl methyl sites for hydroxylation is 4. The molecular weight excluding hydrogens is 1020 g/mol. The van der Waals surface area contributed by atoms with Crippen molar-refractivity contribution in [3.63, 3.8) is 0 Å². The number of sulfonamides is 1. The number of benzene rings is 2. The second-order valence-electron chi connectivity index (χ2n) is 16.3. The minimum Gasteiger partial charge on any atom is -0.481 e. The largest absolute Gasteiger partial charge is 0.481 e. The molecule has 74 heavy (non-hydrogen) atoms. The number of carbonyl (C=O) groups excluding carboxylic acids is 4. The summed E-state index contributed by atoms with van der Waals surface area (Å²) in [6, 6.07) is 15.9. The Bertz CT molecular complexity index is 3150. The Morgan fingerprint density at radius 2 is 1.31 bits per heavy atom. The first-order valence-corrected chi connectivity index (χ1v) is 26.2. The number of aromatic nitrogens is 6. The molecule has 1 saturated heterocycles. The van der Waals surface area contributed by atoms with Gasteiger partial charge in [-0.25, -0.2) is 52.9 Å². The molecule has 1 aliphatic rings. The Hall–Kier alpha value is -7.81. The third-order valence-corrected chi connectivity index (χ3v) is 13.9. The van der Waals surface area contributed by atoms with Gasteiger partial charge in [0.15, 0.2) is 16.0 Å². The molecule has 7 rings (SSSR count). The van der Waals surface area contributed by atoms with E-state index < -0.39 is 39.7 Å². The van der Waals surface area contributed by atoms with Gasteiger partial charge in [0.05, 0.1) is 47.2 Å². The van der Waals surface area contributed by atoms with Crippen LogP contribution in [-0.2, 0) is 41.9 Å². The smallest absolute Gasteiger partial charge is 0.350 e. The van der Waals surface area contributed by atoms with Crippen molar-refractivity contribution in [2.75, 3.05) is 54.9 Å². The summed E-state index contributed by atoms with van der Waals surface area (Å²) in [5, 5.41) is 30.1. The van der Waals surface area contributed by atoms with E-state index in [1.165, 1.54) is 30.3 Å². The third-order valence-electron chi connectivity index (χ3n) is 10.9. The SMILES string of the molecule is CCOC(=O)c1sc(Nc2nc(-c3ccc(C(=O)O)cc3)cc(N3CCCN(C(C)=O)CC3)n2)nc1C.CCOC(=O)c1sc(Nc2nc(CCc3ccc(S(N)(=O)=O)cc3)cc(C(=O)CCC(=O)O)n2)nc1C. The molecule has 1 fully saturated rings. The average Bonchev–Trinajstić information content (AvgIpc) is 3.80. The summed E-state index contributed by atoms with van der Waals surface area (Å²) < 4.78 is 33.0. The number of aliphatic carboxylic acids is 1. The van der Waals surface area contributed by atoms with Gasteiger partial charge in [0.1, 0.15) is 21.3 Å². The van der Waals surface area contributed by atoms with Gasteiger partial charge in [-0.15, -0.1) is 0 Å². The molecule has 0 aliphatic carbocycles. The summed E-state index contributed by atoms with van der Waals surface area (Å²) >= 11 is 2.21. The van der Waals surface area contributed by atoms with Gasteiger partial charge in [-0.3, -0.25) is 25.0 Å². The molecule has 0 bridgehead atoms. The Morgan fingerprint density at radius 3 is 1.85 bits per heavy atom. The highest BCUT2D eigenvalue weighted by Crippen LogP contribution is 2.30. The van der Waals surface area contributed by atoms with Crippen molar-refractivity contribution < 1.29 is 56.9 Å². The number of hydrogen-bond acceptors (Lipinski definition) is 21. The molecule has 1 amide bonds. The van der Waals surface area contributed by atoms with Crippen molar-refractivity contribution in [1.29, 1.82) is 0 Å². The number of ether oxygens (including phenoxy) is 2. The minimum atomic E-state index is -3.80. The van der Waals surface area contributed by atoms with Crippen LogP contribution in [0.2, 0.25) is 0 Å². The molecule has 0 saturated carbocycles. The summed E-state index contributed by atoms with van der Waals surface area (Å²) in [5.74, 6) is -2.45. The molecule has 1 aliphatic heterocycles. The molecular formula is C48H53N11O12S3. The number of carboxylic acids is 2. The van der Waals surface area contributed by atoms with Crippen molar-refractivity contribution >= 4 is 96.2 Å². The molecule has 0 unspecified atom stereocenters. The maximum atomic E-state index is 12.6. The molecule has 6 aromatic rings. The van der Waals surface area contributed by atoms with Gasteiger partial charge < -0.3 is 29.5 Å². The lowest BCUT2D eigenvalue weighted by atomic mass is 10.1. The minimum absolute atomic E-state index is 0.00276. The fourth-order valence-electron chi connectivity index (χ4n) is 7.20. The second kappa shape index (κ2) is 25.2. The number of carbonyl (C=O) groups is 6. The van der Waals surface area contributed by atoms with Crippen LogP contribution in [0.15, 0.2) is 65.6 Å². The Labute approximate surface area is 433 Å². The number of nitrogens with two attached hydrogens (primary N) is 1. The zero-order valence-corrected chi connectivity index (χ0v) is 43.4. The van der Waals surface area contributed by atoms with Crippen LogP contribution in [0.5, 0.6) is 0 Å². The molecule has 0 radical (unpaired) electrons. The molecule has 4 aromatic heterocycles. The van der Waals surface area contributed by atoms with Crippen LogP contribution in [0.4, 0.5) is 28.0 Å². The molecule has 26 heteroatoms. The van der Waals surface area contributed by atoms with Gasteiger partial charge in [0, 0.05) is 56.8 Å². The molecule has 390 valence electrons. The van der Waals surface area contributed by atoms with E-state index in [2.05, 4.69) is 40.5 Å². The Balaban J connectivity index is 0.000000241. The number of primary sulfonamides is 1. The van der Waals surface area contributed by atoms with Crippen LogP contribution in [0, 0.1) is 13.8 Å². The number of hydrogen-bond donors (Lipinski definition) is 5. The van der Waals surface area contributed by atoms with Gasteiger partial charge in [0.25, 0.3) is 0 Å². The predicted molar refractivity (Wildman–Crippen MR) is 274 cm³/mol. The van der Waals surface area contributed by atoms with E-state index in [0.717, 1.165) is 40.2 Å². The maximum absolute atomic E-state index is 12.6. The lowest BCUT2D eigenvalue weighted by molar-refractivity contribution is -0.137. The number of rotatable bonds is 19. The topological polar surface area (TPSA) is 329 Å². The number of carboxylic acid groups (broad SMARTS) is 2. The number of aromatic carboxylic acids is 1. The first-order chi connectivity index (χ1) is 35.2. The van der Waals surface area contributed by atoms with Gasteiger partial charge in [-0.2, -0.15) is 4.98 Å². The van der Waals surface area contributed by atoms with Gasteiger partial charge in [0.2, 0.25) is 27.8 Å². The van der Waals surface area contributed by atoms with Crippen LogP contribution >= 0.6 is 22.7 Å². The van der Waals surface area contributed by atoms with Crippen molar-refractivity contribution in [1.82, 2.24) is 34.8 Å². The molecule has 0 atom stereocenters. The van der Waals surface area contributed by atoms with Crippen LogP contribution in [0.3, 0.4) is 0 Å². The predicted octanol–water partition coefficient (Wildman–Crippen LogP) is 6.23. The average molecular weight is 1070 g/mol. The Kier molecular flexibility index (Phi) is 18.9. The van der Waals surface area contributed by atoms with Crippen LogP contribution in [0.1, 0.15) is 103 Å². The standard InChI is InChI=1S/C25H28N6O5S.C23H25N5O7S2/c1-4-36-23(35)21-15(2)26-25(37-21)29-24-27-19(17-6-8-18(9-7-17)22(33)34)14-20(28-24)31-11-5-10-30(12-13-31)16(3)32;1-3-35-21(32)20-13(2)25-23(36-20)28-22-26-15(12-17(27-22)18(29)10-11-19(30)31)7-4-14-5-8-16(9-6-14)37(24,33)34/h6-9,14H,4-5,10-13H2,1-3H3,(H,33,34)(H,26,27,28,29);5-6,8-9,12H,3-4,7,10-11H2,1-2H3,(H,30,31)(H2,24,33,34)(H,25,26,27,28). The van der Waals surface area contributed by atoms with Crippen LogP contribution in [0.25, 0.3) is 11.3 Å². The summed E-state index contributed by atoms with van der Waals surface area (Å²) in [6.45, 7) is 11.5. The highest BCUT2D eigenvalue weighted by atomic mass is 32.2. The van der Waals surface area contributed by atoms with E-state index in [1.54, 1.807) is 58.9 Å². The maximum Gasteiger partial charge on any atom is 0.350 e. The van der Waals surface area contributed by atoms with E-state index in [-0.39, 0.29) is 60.0 Å². The van der Waals surface area contributed by atoms with Crippen LogP contribution < -0.4 is 20.7 Å². The zero-order valence-electron chi connectivity index (χ0n) is 40.9. The summed E-state index contributed by atoms with van der Waals surface area (Å²) in [4.78, 5) is 102. The van der Waals surface area contributed by atoms with Crippen molar-refractivity contribution in [3.8, 4) is 11.3 Å². The number of amides is 1. The highest BCUT2D eigenvalue weighted by molar-refractivity contribution is 7.89. The normalized spacial score (nSPS) is 12.5. The molecule has 2 aromatic carbocycles. The first kappa shape index (κ1) is 55.5. The number of nitrogens with zero attached hydrogens (tertiary/aromatic N) is 8. The van der Waals surface area contributed by atoms with E-state index in [0.29, 0.717) is 87.6 Å². The number of ketones is 1. The van der Waals surface area contributed by atoms with Gasteiger partial charge >= 0.3 is 23.9 Å². The monoisotopic (exact) mass is 1070 g/mol. The number of esters is 2. The van der Waals surface area contributed by atoms with Gasteiger partial charge in [-0.05, 0) is 82.9 Å². The number of nitrogens with one attached hydrogen (secondary N) is 2. The van der Waals surface area contributed by atoms with Crippen molar-refractivity contribution in [2.45, 2.75) is 71.6 Å². The molecule has 23 nitrogen and oxygen atoms in total. The van der Waals surface area contributed by atoms with Crippen molar-refractivity contribution in [3.05, 3.63) is 104 Å². The lowest BCUT2D eigenvalue weighted by Crippen LogP contribution is -2.34. The highest BCUT2D eigenvalue weighted by Gasteiger charge is 2.23. The number of thiazole rings is 2. The lowest BCUT2D eigenvalue weighted by Gasteiger charge is -2.23. The van der Waals surface area contributed by atoms with E-state index in [4.69, 9.17) is 24.7 Å². The molecule has 5 heterocycles. The van der Waals surface area contributed by atoms with Crippen molar-refractivity contribution in [2.24, 2.45) is 5.14 Å². The quantitative estimate of drug-likeness (QED) is 0.0443. The first-order valence-electron chi connectivity index (χ1n) is 23.0. The second-order valence-corrected chi connectivity index (χ2v) is 19.9. The molecule has 6 N–H and O–H groups in total. The third kappa shape index (κ3) is 15.4. The summed E-state index contributed by atoms with van der Waals surface area (Å²) in [5.41, 5.74) is 3.84.